The fourth-order valence-electron chi connectivity index (χ4n) is 3.05. The molecule has 0 fully saturated rings. The summed E-state index contributed by atoms with van der Waals surface area (Å²) in [7, 11) is 1.61. The van der Waals surface area contributed by atoms with Crippen molar-refractivity contribution in [1.29, 1.82) is 0 Å². The lowest BCUT2D eigenvalue weighted by Crippen LogP contribution is -2.28. The van der Waals surface area contributed by atoms with Gasteiger partial charge < -0.3 is 4.74 Å². The van der Waals surface area contributed by atoms with E-state index in [0.29, 0.717) is 22.7 Å². The number of Topliss-reactive ketones (excluding diaryl/α,β-unsaturated/α-hetero) is 1. The van der Waals surface area contributed by atoms with Crippen LogP contribution in [0.5, 0.6) is 0 Å². The van der Waals surface area contributed by atoms with Crippen molar-refractivity contribution in [1.82, 2.24) is 9.55 Å². The maximum Gasteiger partial charge on any atom is 0.262 e. The first kappa shape index (κ1) is 19.8. The minimum absolute atomic E-state index is 0.0511. The predicted molar refractivity (Wildman–Crippen MR) is 111 cm³/mol. The van der Waals surface area contributed by atoms with Crippen LogP contribution in [0.25, 0.3) is 10.9 Å². The average molecular weight is 403 g/mol. The van der Waals surface area contributed by atoms with E-state index in [2.05, 4.69) is 4.98 Å². The van der Waals surface area contributed by atoms with Crippen molar-refractivity contribution < 1.29 is 9.53 Å². The van der Waals surface area contributed by atoms with Gasteiger partial charge in [0, 0.05) is 22.4 Å². The smallest absolute Gasteiger partial charge is 0.262 e. The van der Waals surface area contributed by atoms with E-state index < -0.39 is 0 Å². The van der Waals surface area contributed by atoms with Gasteiger partial charge in [0.25, 0.3) is 5.56 Å². The molecule has 2 aromatic heterocycles. The maximum atomic E-state index is 13.0. The molecule has 0 amide bonds. The Balaban J connectivity index is 1.97. The van der Waals surface area contributed by atoms with Crippen molar-refractivity contribution >= 4 is 39.8 Å². The Hall–Kier alpha value is -1.96. The van der Waals surface area contributed by atoms with Gasteiger partial charge in [-0.3, -0.25) is 14.2 Å². The van der Waals surface area contributed by atoms with Crippen molar-refractivity contribution in [3.05, 3.63) is 56.0 Å². The number of para-hydroxylation sites is 1. The highest BCUT2D eigenvalue weighted by molar-refractivity contribution is 7.99. The summed E-state index contributed by atoms with van der Waals surface area (Å²) in [5.41, 5.74) is 1.29. The van der Waals surface area contributed by atoms with Crippen molar-refractivity contribution in [3.8, 4) is 0 Å². The van der Waals surface area contributed by atoms with Gasteiger partial charge in [-0.25, -0.2) is 4.98 Å². The summed E-state index contributed by atoms with van der Waals surface area (Å²) in [5.74, 6) is 0.289. The van der Waals surface area contributed by atoms with E-state index in [1.807, 2.05) is 45.0 Å². The predicted octanol–water partition coefficient (Wildman–Crippen LogP) is 4.26. The zero-order valence-electron chi connectivity index (χ0n) is 15.8. The number of carbonyl (C=O) groups is 1. The summed E-state index contributed by atoms with van der Waals surface area (Å²) >= 11 is 2.92. The second kappa shape index (κ2) is 8.37. The molecule has 27 heavy (non-hydrogen) atoms. The van der Waals surface area contributed by atoms with Crippen molar-refractivity contribution in [3.63, 3.8) is 0 Å². The van der Waals surface area contributed by atoms with Gasteiger partial charge in [-0.1, -0.05) is 23.9 Å². The third-order valence-corrected chi connectivity index (χ3v) is 6.22. The first-order valence-electron chi connectivity index (χ1n) is 8.65. The van der Waals surface area contributed by atoms with Crippen LogP contribution in [-0.4, -0.2) is 34.8 Å². The Morgan fingerprint density at radius 1 is 1.33 bits per heavy atom. The minimum atomic E-state index is -0.178. The van der Waals surface area contributed by atoms with E-state index in [1.165, 1.54) is 11.8 Å². The molecule has 0 radical (unpaired) electrons. The molecule has 1 aromatic carbocycles. The number of thiophene rings is 1. The molecule has 0 bridgehead atoms. The number of nitrogens with zero attached hydrogens (tertiary/aromatic N) is 2. The molecule has 0 aliphatic carbocycles. The maximum absolute atomic E-state index is 13.0. The highest BCUT2D eigenvalue weighted by atomic mass is 32.2. The van der Waals surface area contributed by atoms with Crippen LogP contribution in [0, 0.1) is 13.8 Å². The van der Waals surface area contributed by atoms with E-state index in [0.717, 1.165) is 15.3 Å². The molecule has 3 aromatic rings. The molecule has 0 saturated carbocycles. The number of thioether (sulfide) groups is 1. The summed E-state index contributed by atoms with van der Waals surface area (Å²) in [6.07, 6.45) is 0. The monoisotopic (exact) mass is 402 g/mol. The Kier molecular flexibility index (Phi) is 6.14. The molecule has 2 heterocycles. The SMILES string of the molecule is COC[C@@H](C)n1c(SCC(=O)c2cc(C)sc2C)nc2ccccc2c1=O. The van der Waals surface area contributed by atoms with Crippen molar-refractivity contribution in [2.75, 3.05) is 19.5 Å². The Morgan fingerprint density at radius 2 is 2.07 bits per heavy atom. The quantitative estimate of drug-likeness (QED) is 0.336. The number of carbonyl (C=O) groups excluding carboxylic acids is 1. The summed E-state index contributed by atoms with van der Waals surface area (Å²) in [4.78, 5) is 32.5. The highest BCUT2D eigenvalue weighted by Gasteiger charge is 2.19. The minimum Gasteiger partial charge on any atom is -0.383 e. The van der Waals surface area contributed by atoms with E-state index in [9.17, 15) is 9.59 Å². The third-order valence-electron chi connectivity index (χ3n) is 4.30. The van der Waals surface area contributed by atoms with Crippen molar-refractivity contribution in [2.45, 2.75) is 32.0 Å². The first-order valence-corrected chi connectivity index (χ1v) is 10.5. The van der Waals surface area contributed by atoms with Gasteiger partial charge in [-0.05, 0) is 39.0 Å². The molecule has 7 heteroatoms. The number of hydrogen-bond donors (Lipinski definition) is 0. The van der Waals surface area contributed by atoms with Crippen LogP contribution < -0.4 is 5.56 Å². The van der Waals surface area contributed by atoms with E-state index in [1.54, 1.807) is 29.1 Å². The largest absolute Gasteiger partial charge is 0.383 e. The third kappa shape index (κ3) is 4.15. The van der Waals surface area contributed by atoms with Crippen LogP contribution in [-0.2, 0) is 4.74 Å². The van der Waals surface area contributed by atoms with Crippen LogP contribution >= 0.6 is 23.1 Å². The number of fused-ring (bicyclic) bond motifs is 1. The summed E-state index contributed by atoms with van der Waals surface area (Å²) in [6, 6.07) is 9.03. The van der Waals surface area contributed by atoms with Crippen LogP contribution in [0.2, 0.25) is 0 Å². The molecule has 0 spiro atoms. The highest BCUT2D eigenvalue weighted by Crippen LogP contribution is 2.25. The molecule has 0 aliphatic heterocycles. The zero-order chi connectivity index (χ0) is 19.6. The number of aryl methyl sites for hydroxylation is 2. The number of aromatic nitrogens is 2. The Bertz CT molecular complexity index is 1040. The summed E-state index contributed by atoms with van der Waals surface area (Å²) in [5, 5.41) is 1.11. The molecule has 5 nitrogen and oxygen atoms in total. The van der Waals surface area contributed by atoms with E-state index in [4.69, 9.17) is 4.74 Å². The molecule has 3 rings (SSSR count). The fourth-order valence-corrected chi connectivity index (χ4v) is 4.97. The second-order valence-corrected chi connectivity index (χ2v) is 8.83. The van der Waals surface area contributed by atoms with Crippen LogP contribution in [0.4, 0.5) is 0 Å². The number of benzene rings is 1. The summed E-state index contributed by atoms with van der Waals surface area (Å²) < 4.78 is 6.87. The van der Waals surface area contributed by atoms with Gasteiger partial charge in [-0.2, -0.15) is 0 Å². The Morgan fingerprint density at radius 3 is 2.74 bits per heavy atom. The van der Waals surface area contributed by atoms with Gasteiger partial charge in [0.05, 0.1) is 29.3 Å². The van der Waals surface area contributed by atoms with Crippen LogP contribution in [0.1, 0.15) is 33.1 Å². The molecule has 0 saturated heterocycles. The summed E-state index contributed by atoms with van der Waals surface area (Å²) in [6.45, 7) is 6.26. The van der Waals surface area contributed by atoms with E-state index in [-0.39, 0.29) is 23.1 Å². The molecule has 1 atom stereocenters. The molecule has 142 valence electrons. The second-order valence-electron chi connectivity index (χ2n) is 6.43. The number of methoxy groups -OCH3 is 1. The number of rotatable bonds is 7. The van der Waals surface area contributed by atoms with Gasteiger partial charge >= 0.3 is 0 Å². The molecular formula is C20H22N2O3S2. The van der Waals surface area contributed by atoms with Gasteiger partial charge in [0.15, 0.2) is 10.9 Å². The average Bonchev–Trinajstić information content (AvgIpc) is 2.98. The molecule has 0 unspecified atom stereocenters. The molecular weight excluding hydrogens is 380 g/mol. The normalized spacial score (nSPS) is 12.4. The fraction of sp³-hybridized carbons (Fsp3) is 0.350. The zero-order valence-corrected chi connectivity index (χ0v) is 17.4. The lowest BCUT2D eigenvalue weighted by molar-refractivity contribution is 0.102. The van der Waals surface area contributed by atoms with Gasteiger partial charge in [0.2, 0.25) is 0 Å². The number of hydrogen-bond acceptors (Lipinski definition) is 6. The van der Waals surface area contributed by atoms with Gasteiger partial charge in [-0.15, -0.1) is 11.3 Å². The standard InChI is InChI=1S/C20H22N2O3S2/c1-12(10-25-4)22-19(24)15-7-5-6-8-17(15)21-20(22)26-11-18(23)16-9-13(2)27-14(16)3/h5-9,12H,10-11H2,1-4H3/t12-/m1/s1. The molecule has 0 N–H and O–H groups in total. The number of ketones is 1. The Labute approximate surface area is 166 Å². The van der Waals surface area contributed by atoms with Crippen molar-refractivity contribution in [2.24, 2.45) is 0 Å². The van der Waals surface area contributed by atoms with E-state index >= 15 is 0 Å². The van der Waals surface area contributed by atoms with Gasteiger partial charge in [0.1, 0.15) is 0 Å². The molecule has 0 aliphatic rings. The topological polar surface area (TPSA) is 61.2 Å². The number of ether oxygens (including phenoxy) is 1. The lowest BCUT2D eigenvalue weighted by Gasteiger charge is -2.18. The first-order chi connectivity index (χ1) is 12.9. The van der Waals surface area contributed by atoms with Crippen LogP contribution in [0.15, 0.2) is 40.3 Å². The lowest BCUT2D eigenvalue weighted by atomic mass is 10.2. The van der Waals surface area contributed by atoms with Crippen LogP contribution in [0.3, 0.4) is 0 Å².